The summed E-state index contributed by atoms with van der Waals surface area (Å²) in [6, 6.07) is 16.9. The normalized spacial score (nSPS) is 12.8. The van der Waals surface area contributed by atoms with Gasteiger partial charge in [0.1, 0.15) is 0 Å². The van der Waals surface area contributed by atoms with Crippen LogP contribution in [0, 0.1) is 13.8 Å². The van der Waals surface area contributed by atoms with Crippen molar-refractivity contribution in [3.8, 4) is 17.1 Å². The van der Waals surface area contributed by atoms with Gasteiger partial charge in [-0.1, -0.05) is 75.0 Å². The van der Waals surface area contributed by atoms with Gasteiger partial charge in [-0.15, -0.1) is 20.4 Å². The number of rotatable bonds is 5. The number of aromatic nitrogens is 5. The highest BCUT2D eigenvalue weighted by Crippen LogP contribution is 2.37. The van der Waals surface area contributed by atoms with E-state index in [9.17, 15) is 0 Å². The van der Waals surface area contributed by atoms with E-state index in [1.54, 1.807) is 18.7 Å². The quantitative estimate of drug-likeness (QED) is 0.355. The molecule has 0 aliphatic rings. The molecule has 0 bridgehead atoms. The second-order valence-electron chi connectivity index (χ2n) is 8.67. The molecule has 0 fully saturated rings. The van der Waals surface area contributed by atoms with Crippen molar-refractivity contribution in [1.29, 1.82) is 0 Å². The van der Waals surface area contributed by atoms with E-state index < -0.39 is 0 Å². The molecule has 6 nitrogen and oxygen atoms in total. The van der Waals surface area contributed by atoms with Crippen molar-refractivity contribution in [2.75, 3.05) is 0 Å². The van der Waals surface area contributed by atoms with Gasteiger partial charge in [-0.3, -0.25) is 4.57 Å². The van der Waals surface area contributed by atoms with E-state index in [0.29, 0.717) is 11.8 Å². The highest BCUT2D eigenvalue weighted by molar-refractivity contribution is 7.99. The van der Waals surface area contributed by atoms with E-state index in [0.717, 1.165) is 27.8 Å². The molecule has 2 aromatic carbocycles. The SMILES string of the molecule is Cc1nnc(C(C)Sc2nnc(-c3ccc(C(C)(C)C)cc3)n2-c2ccccc2C)o1. The average Bonchev–Trinajstić information content (AvgIpc) is 3.34. The molecule has 0 radical (unpaired) electrons. The fourth-order valence-corrected chi connectivity index (χ4v) is 4.26. The third-order valence-corrected chi connectivity index (χ3v) is 6.20. The fraction of sp³-hybridized carbons (Fsp3) is 0.333. The summed E-state index contributed by atoms with van der Waals surface area (Å²) >= 11 is 1.56. The smallest absolute Gasteiger partial charge is 0.229 e. The van der Waals surface area contributed by atoms with Gasteiger partial charge in [-0.05, 0) is 36.5 Å². The number of nitrogens with zero attached hydrogens (tertiary/aromatic N) is 5. The molecule has 1 unspecified atom stereocenters. The molecule has 4 rings (SSSR count). The van der Waals surface area contributed by atoms with Crippen molar-refractivity contribution in [2.45, 2.75) is 57.4 Å². The Morgan fingerprint density at radius 3 is 2.23 bits per heavy atom. The van der Waals surface area contributed by atoms with Gasteiger partial charge in [0.15, 0.2) is 11.0 Å². The van der Waals surface area contributed by atoms with Gasteiger partial charge < -0.3 is 4.42 Å². The van der Waals surface area contributed by atoms with Gasteiger partial charge >= 0.3 is 0 Å². The molecule has 7 heteroatoms. The van der Waals surface area contributed by atoms with E-state index in [4.69, 9.17) is 4.42 Å². The van der Waals surface area contributed by atoms with Crippen LogP contribution in [0.2, 0.25) is 0 Å². The van der Waals surface area contributed by atoms with Crippen LogP contribution in [0.4, 0.5) is 0 Å². The van der Waals surface area contributed by atoms with Gasteiger partial charge in [0.25, 0.3) is 0 Å². The van der Waals surface area contributed by atoms with Crippen molar-refractivity contribution < 1.29 is 4.42 Å². The lowest BCUT2D eigenvalue weighted by Crippen LogP contribution is -2.10. The predicted octanol–water partition coefficient (Wildman–Crippen LogP) is 6.08. The summed E-state index contributed by atoms with van der Waals surface area (Å²) in [5, 5.41) is 18.0. The molecule has 4 aromatic rings. The standard InChI is InChI=1S/C24H27N5OS/c1-15-9-7-8-10-20(15)29-21(18-11-13-19(14-12-18)24(4,5)6)26-28-23(29)31-16(2)22-27-25-17(3)30-22/h7-14,16H,1-6H3. The van der Waals surface area contributed by atoms with E-state index in [-0.39, 0.29) is 10.7 Å². The molecule has 160 valence electrons. The Bertz CT molecular complexity index is 1190. The third-order valence-electron chi connectivity index (χ3n) is 5.17. The minimum atomic E-state index is -0.0516. The number of thioether (sulfide) groups is 1. The maximum atomic E-state index is 5.62. The van der Waals surface area contributed by atoms with Crippen LogP contribution in [0.5, 0.6) is 0 Å². The van der Waals surface area contributed by atoms with E-state index in [1.165, 1.54) is 5.56 Å². The Labute approximate surface area is 187 Å². The predicted molar refractivity (Wildman–Crippen MR) is 124 cm³/mol. The molecule has 0 spiro atoms. The first kappa shape index (κ1) is 21.3. The number of aryl methyl sites for hydroxylation is 2. The fourth-order valence-electron chi connectivity index (χ4n) is 3.37. The number of hydrogen-bond donors (Lipinski definition) is 0. The van der Waals surface area contributed by atoms with Crippen molar-refractivity contribution >= 4 is 11.8 Å². The summed E-state index contributed by atoms with van der Waals surface area (Å²) in [6.07, 6.45) is 0. The largest absolute Gasteiger partial charge is 0.424 e. The zero-order valence-corrected chi connectivity index (χ0v) is 19.6. The Balaban J connectivity index is 1.78. The molecule has 0 aliphatic carbocycles. The summed E-state index contributed by atoms with van der Waals surface area (Å²) in [6.45, 7) is 12.6. The Morgan fingerprint density at radius 1 is 0.903 bits per heavy atom. The van der Waals surface area contributed by atoms with Gasteiger partial charge in [0.05, 0.1) is 10.9 Å². The topological polar surface area (TPSA) is 69.6 Å². The highest BCUT2D eigenvalue weighted by atomic mass is 32.2. The van der Waals surface area contributed by atoms with Crippen LogP contribution in [-0.4, -0.2) is 25.0 Å². The minimum absolute atomic E-state index is 0.0516. The summed E-state index contributed by atoms with van der Waals surface area (Å²) in [4.78, 5) is 0. The Morgan fingerprint density at radius 2 is 1.61 bits per heavy atom. The number of benzene rings is 2. The zero-order chi connectivity index (χ0) is 22.2. The second kappa shape index (κ2) is 8.30. The van der Waals surface area contributed by atoms with Gasteiger partial charge in [0, 0.05) is 12.5 Å². The van der Waals surface area contributed by atoms with Crippen molar-refractivity contribution in [2.24, 2.45) is 0 Å². The van der Waals surface area contributed by atoms with Gasteiger partial charge in [-0.25, -0.2) is 0 Å². The number of hydrogen-bond acceptors (Lipinski definition) is 6. The zero-order valence-electron chi connectivity index (χ0n) is 18.7. The van der Waals surface area contributed by atoms with Crippen LogP contribution >= 0.6 is 11.8 Å². The molecule has 0 saturated heterocycles. The lowest BCUT2D eigenvalue weighted by molar-refractivity contribution is 0.470. The monoisotopic (exact) mass is 433 g/mol. The molecular weight excluding hydrogens is 406 g/mol. The van der Waals surface area contributed by atoms with Crippen LogP contribution in [0.25, 0.3) is 17.1 Å². The van der Waals surface area contributed by atoms with Crippen LogP contribution in [0.1, 0.15) is 55.9 Å². The number of para-hydroxylation sites is 1. The first-order chi connectivity index (χ1) is 14.7. The van der Waals surface area contributed by atoms with Crippen molar-refractivity contribution in [3.63, 3.8) is 0 Å². The summed E-state index contributed by atoms with van der Waals surface area (Å²) in [5.41, 5.74) is 4.61. The second-order valence-corrected chi connectivity index (χ2v) is 9.98. The lowest BCUT2D eigenvalue weighted by atomic mass is 9.87. The van der Waals surface area contributed by atoms with E-state index >= 15 is 0 Å². The Hall–Kier alpha value is -2.93. The molecule has 0 amide bonds. The van der Waals surface area contributed by atoms with Crippen molar-refractivity contribution in [3.05, 3.63) is 71.4 Å². The maximum Gasteiger partial charge on any atom is 0.229 e. The van der Waals surface area contributed by atoms with Crippen LogP contribution in [0.15, 0.2) is 58.1 Å². The van der Waals surface area contributed by atoms with Crippen LogP contribution in [0.3, 0.4) is 0 Å². The minimum Gasteiger partial charge on any atom is -0.424 e. The summed E-state index contributed by atoms with van der Waals surface area (Å²) in [5.74, 6) is 1.95. The molecule has 2 heterocycles. The molecular formula is C24H27N5OS. The van der Waals surface area contributed by atoms with E-state index in [1.807, 2.05) is 19.1 Å². The summed E-state index contributed by atoms with van der Waals surface area (Å²) < 4.78 is 7.74. The van der Waals surface area contributed by atoms with Crippen LogP contribution < -0.4 is 0 Å². The van der Waals surface area contributed by atoms with Gasteiger partial charge in [-0.2, -0.15) is 0 Å². The first-order valence-corrected chi connectivity index (χ1v) is 11.2. The molecule has 0 N–H and O–H groups in total. The van der Waals surface area contributed by atoms with Crippen LogP contribution in [-0.2, 0) is 5.41 Å². The average molecular weight is 434 g/mol. The van der Waals surface area contributed by atoms with Crippen molar-refractivity contribution in [1.82, 2.24) is 25.0 Å². The Kier molecular flexibility index (Phi) is 5.71. The first-order valence-electron chi connectivity index (χ1n) is 10.3. The van der Waals surface area contributed by atoms with Gasteiger partial charge in [0.2, 0.25) is 11.8 Å². The molecule has 0 saturated carbocycles. The molecule has 0 aliphatic heterocycles. The van der Waals surface area contributed by atoms with E-state index in [2.05, 4.69) is 89.1 Å². The summed E-state index contributed by atoms with van der Waals surface area (Å²) in [7, 11) is 0. The maximum absolute atomic E-state index is 5.62. The lowest BCUT2D eigenvalue weighted by Gasteiger charge is -2.19. The molecule has 2 aromatic heterocycles. The molecule has 1 atom stereocenters. The molecule has 31 heavy (non-hydrogen) atoms. The third kappa shape index (κ3) is 4.42. The highest BCUT2D eigenvalue weighted by Gasteiger charge is 2.23.